The Morgan fingerprint density at radius 1 is 1.29 bits per heavy atom. The van der Waals surface area contributed by atoms with Crippen LogP contribution < -0.4 is 4.74 Å². The van der Waals surface area contributed by atoms with E-state index in [0.29, 0.717) is 12.5 Å². The summed E-state index contributed by atoms with van der Waals surface area (Å²) in [6.07, 6.45) is 1.54. The second kappa shape index (κ2) is 4.23. The van der Waals surface area contributed by atoms with Crippen molar-refractivity contribution in [2.75, 3.05) is 0 Å². The van der Waals surface area contributed by atoms with E-state index in [4.69, 9.17) is 4.74 Å². The van der Waals surface area contributed by atoms with Crippen LogP contribution in [0, 0.1) is 0 Å². The van der Waals surface area contributed by atoms with Gasteiger partial charge in [0.1, 0.15) is 12.8 Å². The van der Waals surface area contributed by atoms with Crippen LogP contribution in [0.4, 0.5) is 0 Å². The minimum Gasteiger partial charge on any atom is -0.471 e. The Balaban J connectivity index is 1.95. The quantitative estimate of drug-likeness (QED) is 0.912. The van der Waals surface area contributed by atoms with Crippen LogP contribution in [0.25, 0.3) is 0 Å². The summed E-state index contributed by atoms with van der Waals surface area (Å²) in [4.78, 5) is 0. The molecule has 0 spiro atoms. The van der Waals surface area contributed by atoms with E-state index in [1.807, 2.05) is 24.3 Å². The summed E-state index contributed by atoms with van der Waals surface area (Å²) in [5, 5.41) is 9.90. The van der Waals surface area contributed by atoms with E-state index in [-0.39, 0.29) is 0 Å². The molecule has 0 saturated carbocycles. The number of benzene rings is 1. The second-order valence-corrected chi connectivity index (χ2v) is 3.64. The van der Waals surface area contributed by atoms with Crippen molar-refractivity contribution < 1.29 is 4.74 Å². The molecule has 14 heavy (non-hydrogen) atoms. The van der Waals surface area contributed by atoms with Crippen molar-refractivity contribution in [1.82, 2.24) is 15.4 Å². The van der Waals surface area contributed by atoms with Crippen molar-refractivity contribution in [3.63, 3.8) is 0 Å². The molecule has 2 aromatic rings. The average molecular weight is 254 g/mol. The molecule has 0 bridgehead atoms. The van der Waals surface area contributed by atoms with E-state index in [1.54, 1.807) is 6.20 Å². The number of ether oxygens (including phenoxy) is 1. The maximum atomic E-state index is 5.35. The van der Waals surface area contributed by atoms with E-state index in [2.05, 4.69) is 31.3 Å². The Kier molecular flexibility index (Phi) is 2.78. The standard InChI is InChI=1S/C9H8BrN3O/c10-8-3-1-7(2-4-8)6-14-9-5-11-13-12-9/h1-5H,6H2,(H,11,12,13). The van der Waals surface area contributed by atoms with Gasteiger partial charge in [0.25, 0.3) is 5.88 Å². The molecule has 0 amide bonds. The van der Waals surface area contributed by atoms with Gasteiger partial charge in [-0.15, -0.1) is 5.10 Å². The molecule has 0 saturated heterocycles. The van der Waals surface area contributed by atoms with E-state index < -0.39 is 0 Å². The molecule has 4 nitrogen and oxygen atoms in total. The number of nitrogens with one attached hydrogen (secondary N) is 1. The van der Waals surface area contributed by atoms with Crippen LogP contribution in [0.2, 0.25) is 0 Å². The fourth-order valence-corrected chi connectivity index (χ4v) is 1.26. The first-order valence-corrected chi connectivity index (χ1v) is 4.87. The lowest BCUT2D eigenvalue weighted by atomic mass is 10.2. The van der Waals surface area contributed by atoms with E-state index >= 15 is 0 Å². The maximum Gasteiger partial charge on any atom is 0.253 e. The van der Waals surface area contributed by atoms with Crippen LogP contribution in [-0.2, 0) is 6.61 Å². The normalized spacial score (nSPS) is 10.1. The van der Waals surface area contributed by atoms with Crippen LogP contribution in [0.3, 0.4) is 0 Å². The first kappa shape index (κ1) is 9.21. The molecular formula is C9H8BrN3O. The van der Waals surface area contributed by atoms with Gasteiger partial charge in [0.2, 0.25) is 0 Å². The molecule has 0 aliphatic carbocycles. The van der Waals surface area contributed by atoms with E-state index in [9.17, 15) is 0 Å². The van der Waals surface area contributed by atoms with Crippen molar-refractivity contribution in [2.24, 2.45) is 0 Å². The monoisotopic (exact) mass is 253 g/mol. The van der Waals surface area contributed by atoms with Crippen molar-refractivity contribution in [2.45, 2.75) is 6.61 Å². The summed E-state index contributed by atoms with van der Waals surface area (Å²) in [5.41, 5.74) is 1.09. The number of H-pyrrole nitrogens is 1. The van der Waals surface area contributed by atoms with Gasteiger partial charge in [-0.2, -0.15) is 10.3 Å². The van der Waals surface area contributed by atoms with E-state index in [1.165, 1.54) is 0 Å². The number of halogens is 1. The fraction of sp³-hybridized carbons (Fsp3) is 0.111. The van der Waals surface area contributed by atoms with Crippen molar-refractivity contribution in [3.8, 4) is 5.88 Å². The predicted octanol–water partition coefficient (Wildman–Crippen LogP) is 2.15. The molecule has 1 heterocycles. The van der Waals surface area contributed by atoms with Crippen LogP contribution in [-0.4, -0.2) is 15.4 Å². The summed E-state index contributed by atoms with van der Waals surface area (Å²) in [6, 6.07) is 7.93. The first-order valence-electron chi connectivity index (χ1n) is 4.07. The fourth-order valence-electron chi connectivity index (χ4n) is 0.999. The maximum absolute atomic E-state index is 5.35. The molecule has 0 aliphatic heterocycles. The highest BCUT2D eigenvalue weighted by atomic mass is 79.9. The molecule has 0 atom stereocenters. The van der Waals surface area contributed by atoms with Gasteiger partial charge in [-0.3, -0.25) is 0 Å². The Morgan fingerprint density at radius 2 is 2.07 bits per heavy atom. The van der Waals surface area contributed by atoms with Gasteiger partial charge in [-0.25, -0.2) is 0 Å². The number of aromatic amines is 1. The SMILES string of the molecule is Brc1ccc(COc2cn[nH]n2)cc1. The zero-order valence-corrected chi connectivity index (χ0v) is 8.86. The van der Waals surface area contributed by atoms with Gasteiger partial charge in [-0.05, 0) is 17.7 Å². The zero-order chi connectivity index (χ0) is 9.80. The number of hydrogen-bond acceptors (Lipinski definition) is 3. The molecule has 0 radical (unpaired) electrons. The van der Waals surface area contributed by atoms with Crippen molar-refractivity contribution in [3.05, 3.63) is 40.5 Å². The van der Waals surface area contributed by atoms with Gasteiger partial charge in [0.15, 0.2) is 0 Å². The van der Waals surface area contributed by atoms with Crippen molar-refractivity contribution in [1.29, 1.82) is 0 Å². The highest BCUT2D eigenvalue weighted by Crippen LogP contribution is 2.12. The number of rotatable bonds is 3. The van der Waals surface area contributed by atoms with Crippen molar-refractivity contribution >= 4 is 15.9 Å². The second-order valence-electron chi connectivity index (χ2n) is 2.72. The summed E-state index contributed by atoms with van der Waals surface area (Å²) in [7, 11) is 0. The third-order valence-corrected chi connectivity index (χ3v) is 2.22. The smallest absolute Gasteiger partial charge is 0.253 e. The zero-order valence-electron chi connectivity index (χ0n) is 7.27. The summed E-state index contributed by atoms with van der Waals surface area (Å²) < 4.78 is 6.41. The molecule has 0 fully saturated rings. The Morgan fingerprint density at radius 3 is 2.71 bits per heavy atom. The van der Waals surface area contributed by atoms with E-state index in [0.717, 1.165) is 10.0 Å². The average Bonchev–Trinajstić information content (AvgIpc) is 2.70. The largest absolute Gasteiger partial charge is 0.471 e. The number of nitrogens with zero attached hydrogens (tertiary/aromatic N) is 2. The Bertz CT molecular complexity index is 385. The minimum absolute atomic E-state index is 0.500. The lowest BCUT2D eigenvalue weighted by molar-refractivity contribution is 0.293. The van der Waals surface area contributed by atoms with Gasteiger partial charge in [0.05, 0.1) is 0 Å². The highest BCUT2D eigenvalue weighted by molar-refractivity contribution is 9.10. The third kappa shape index (κ3) is 2.32. The predicted molar refractivity (Wildman–Crippen MR) is 54.9 cm³/mol. The van der Waals surface area contributed by atoms with Crippen LogP contribution in [0.1, 0.15) is 5.56 Å². The van der Waals surface area contributed by atoms with Gasteiger partial charge >= 0.3 is 0 Å². The molecule has 2 rings (SSSR count). The van der Waals surface area contributed by atoms with Gasteiger partial charge < -0.3 is 4.74 Å². The summed E-state index contributed by atoms with van der Waals surface area (Å²) in [5.74, 6) is 0.507. The molecule has 0 aliphatic rings. The third-order valence-electron chi connectivity index (χ3n) is 1.69. The Hall–Kier alpha value is -1.36. The summed E-state index contributed by atoms with van der Waals surface area (Å²) >= 11 is 3.37. The van der Waals surface area contributed by atoms with Gasteiger partial charge in [0, 0.05) is 4.47 Å². The molecule has 1 aromatic heterocycles. The molecule has 1 aromatic carbocycles. The molecular weight excluding hydrogens is 246 g/mol. The highest BCUT2D eigenvalue weighted by Gasteiger charge is 1.97. The number of hydrogen-bond donors (Lipinski definition) is 1. The molecule has 1 N–H and O–H groups in total. The lowest BCUT2D eigenvalue weighted by Gasteiger charge is -2.01. The van der Waals surface area contributed by atoms with Crippen LogP contribution >= 0.6 is 15.9 Å². The minimum atomic E-state index is 0.500. The molecule has 5 heteroatoms. The van der Waals surface area contributed by atoms with Gasteiger partial charge in [-0.1, -0.05) is 28.1 Å². The number of aromatic nitrogens is 3. The molecule has 0 unspecified atom stereocenters. The van der Waals surface area contributed by atoms with Crippen LogP contribution in [0.15, 0.2) is 34.9 Å². The van der Waals surface area contributed by atoms with Crippen LogP contribution in [0.5, 0.6) is 5.88 Å². The Labute approximate surface area is 89.4 Å². The molecule has 72 valence electrons. The lowest BCUT2D eigenvalue weighted by Crippen LogP contribution is -1.95. The topological polar surface area (TPSA) is 50.8 Å². The summed E-state index contributed by atoms with van der Waals surface area (Å²) in [6.45, 7) is 0.500. The first-order chi connectivity index (χ1) is 6.84.